The second-order valence-electron chi connectivity index (χ2n) is 4.67. The first kappa shape index (κ1) is 10.1. The Morgan fingerprint density at radius 2 is 2.31 bits per heavy atom. The molecule has 0 amide bonds. The minimum atomic E-state index is 0.100. The maximum atomic E-state index is 6.09. The Morgan fingerprint density at radius 1 is 1.50 bits per heavy atom. The first-order valence-electron chi connectivity index (χ1n) is 5.57. The van der Waals surface area contributed by atoms with Crippen LogP contribution in [0.5, 0.6) is 0 Å². The molecule has 0 spiro atoms. The summed E-state index contributed by atoms with van der Waals surface area (Å²) in [5, 5.41) is 0.658. The van der Waals surface area contributed by atoms with E-state index in [1.165, 1.54) is 5.56 Å². The lowest BCUT2D eigenvalue weighted by Gasteiger charge is -2.08. The van der Waals surface area contributed by atoms with Crippen LogP contribution in [0.4, 0.5) is 0 Å². The summed E-state index contributed by atoms with van der Waals surface area (Å²) in [6.45, 7) is 0. The number of halogens is 1. The number of hydrogen-bond acceptors (Lipinski definition) is 2. The minimum Gasteiger partial charge on any atom is -0.325 e. The van der Waals surface area contributed by atoms with Gasteiger partial charge in [0.1, 0.15) is 10.8 Å². The van der Waals surface area contributed by atoms with Crippen molar-refractivity contribution in [2.45, 2.75) is 31.2 Å². The highest BCUT2D eigenvalue weighted by atomic mass is 35.5. The van der Waals surface area contributed by atoms with Crippen molar-refractivity contribution >= 4 is 17.2 Å². The summed E-state index contributed by atoms with van der Waals surface area (Å²) in [5.41, 5.74) is 8.37. The Morgan fingerprint density at radius 3 is 3.06 bits per heavy atom. The Kier molecular flexibility index (Phi) is 2.19. The average molecular weight is 236 g/mol. The van der Waals surface area contributed by atoms with Crippen LogP contribution in [0.2, 0.25) is 5.15 Å². The van der Waals surface area contributed by atoms with Crippen LogP contribution in [-0.4, -0.2) is 14.9 Å². The molecule has 3 nitrogen and oxygen atoms in total. The van der Waals surface area contributed by atoms with Crippen LogP contribution < -0.4 is 5.73 Å². The zero-order valence-corrected chi connectivity index (χ0v) is 9.74. The van der Waals surface area contributed by atoms with Gasteiger partial charge in [0.25, 0.3) is 0 Å². The topological polar surface area (TPSA) is 43.3 Å². The fourth-order valence-electron chi connectivity index (χ4n) is 2.03. The highest BCUT2D eigenvalue weighted by Crippen LogP contribution is 2.36. The van der Waals surface area contributed by atoms with E-state index in [2.05, 4.69) is 11.1 Å². The third-order valence-electron chi connectivity index (χ3n) is 3.36. The van der Waals surface area contributed by atoms with Crippen molar-refractivity contribution in [2.75, 3.05) is 0 Å². The van der Waals surface area contributed by atoms with E-state index in [1.54, 1.807) is 6.20 Å². The van der Waals surface area contributed by atoms with Gasteiger partial charge in [-0.25, -0.2) is 4.98 Å². The molecule has 3 rings (SSSR count). The van der Waals surface area contributed by atoms with Crippen LogP contribution in [0.25, 0.3) is 5.65 Å². The first-order chi connectivity index (χ1) is 7.68. The van der Waals surface area contributed by atoms with Gasteiger partial charge >= 0.3 is 0 Å². The number of nitrogens with zero attached hydrogens (tertiary/aromatic N) is 2. The molecule has 1 aliphatic carbocycles. The van der Waals surface area contributed by atoms with E-state index in [4.69, 9.17) is 17.3 Å². The number of rotatable bonds is 3. The van der Waals surface area contributed by atoms with Crippen molar-refractivity contribution < 1.29 is 0 Å². The van der Waals surface area contributed by atoms with Gasteiger partial charge in [0.2, 0.25) is 0 Å². The van der Waals surface area contributed by atoms with E-state index in [0.717, 1.165) is 31.3 Å². The van der Waals surface area contributed by atoms with E-state index >= 15 is 0 Å². The SMILES string of the molecule is NC1(CCc2cccn3c(Cl)cnc23)CC1. The molecule has 1 fully saturated rings. The molecule has 84 valence electrons. The number of aromatic nitrogens is 2. The van der Waals surface area contributed by atoms with Gasteiger partial charge in [-0.05, 0) is 37.3 Å². The Balaban J connectivity index is 1.90. The van der Waals surface area contributed by atoms with Gasteiger partial charge in [-0.15, -0.1) is 0 Å². The van der Waals surface area contributed by atoms with E-state index in [9.17, 15) is 0 Å². The van der Waals surface area contributed by atoms with Gasteiger partial charge < -0.3 is 5.73 Å². The van der Waals surface area contributed by atoms with Gasteiger partial charge in [-0.1, -0.05) is 17.7 Å². The van der Waals surface area contributed by atoms with Crippen molar-refractivity contribution in [2.24, 2.45) is 5.73 Å². The normalized spacial score (nSPS) is 17.9. The lowest BCUT2D eigenvalue weighted by molar-refractivity contribution is 0.609. The van der Waals surface area contributed by atoms with Crippen molar-refractivity contribution in [3.05, 3.63) is 35.2 Å². The summed E-state index contributed by atoms with van der Waals surface area (Å²) in [5.74, 6) is 0. The number of aryl methyl sites for hydroxylation is 1. The largest absolute Gasteiger partial charge is 0.325 e. The van der Waals surface area contributed by atoms with Crippen LogP contribution in [0.15, 0.2) is 24.5 Å². The highest BCUT2D eigenvalue weighted by Gasteiger charge is 2.37. The van der Waals surface area contributed by atoms with Crippen LogP contribution in [0, 0.1) is 0 Å². The number of pyridine rings is 1. The first-order valence-corrected chi connectivity index (χ1v) is 5.95. The Bertz CT molecular complexity index is 528. The molecule has 0 radical (unpaired) electrons. The van der Waals surface area contributed by atoms with Crippen molar-refractivity contribution in [1.82, 2.24) is 9.38 Å². The molecule has 1 saturated carbocycles. The Hall–Kier alpha value is -1.06. The highest BCUT2D eigenvalue weighted by molar-refractivity contribution is 6.29. The summed E-state index contributed by atoms with van der Waals surface area (Å²) in [6, 6.07) is 4.11. The van der Waals surface area contributed by atoms with Crippen LogP contribution in [-0.2, 0) is 6.42 Å². The molecular formula is C12H14ClN3. The molecule has 0 saturated heterocycles. The third-order valence-corrected chi connectivity index (χ3v) is 3.64. The fourth-order valence-corrected chi connectivity index (χ4v) is 2.21. The van der Waals surface area contributed by atoms with E-state index < -0.39 is 0 Å². The van der Waals surface area contributed by atoms with Crippen LogP contribution in [0.1, 0.15) is 24.8 Å². The fraction of sp³-hybridized carbons (Fsp3) is 0.417. The molecule has 1 aliphatic rings. The summed E-state index contributed by atoms with van der Waals surface area (Å²) in [4.78, 5) is 4.33. The lowest BCUT2D eigenvalue weighted by atomic mass is 10.1. The standard InChI is InChI=1S/C12H14ClN3/c13-10-8-15-11-9(2-1-7-16(10)11)3-4-12(14)5-6-12/h1-2,7-8H,3-6,14H2. The smallest absolute Gasteiger partial charge is 0.141 e. The molecule has 0 aromatic carbocycles. The Labute approximate surface area is 99.2 Å². The molecule has 0 bridgehead atoms. The third kappa shape index (κ3) is 1.70. The second-order valence-corrected chi connectivity index (χ2v) is 5.06. The molecule has 4 heteroatoms. The summed E-state index contributed by atoms with van der Waals surface area (Å²) >= 11 is 6.02. The average Bonchev–Trinajstić information content (AvgIpc) is 2.90. The van der Waals surface area contributed by atoms with Crippen molar-refractivity contribution in [1.29, 1.82) is 0 Å². The number of imidazole rings is 1. The molecule has 2 N–H and O–H groups in total. The quantitative estimate of drug-likeness (QED) is 0.888. The van der Waals surface area contributed by atoms with Crippen molar-refractivity contribution in [3.8, 4) is 0 Å². The maximum Gasteiger partial charge on any atom is 0.141 e. The molecule has 2 aromatic rings. The summed E-state index contributed by atoms with van der Waals surface area (Å²) in [7, 11) is 0. The second kappa shape index (κ2) is 3.47. The number of fused-ring (bicyclic) bond motifs is 1. The molecule has 0 aliphatic heterocycles. The van der Waals surface area contributed by atoms with Gasteiger partial charge in [0.05, 0.1) is 6.20 Å². The zero-order valence-electron chi connectivity index (χ0n) is 8.99. The molecule has 0 atom stereocenters. The minimum absolute atomic E-state index is 0.100. The van der Waals surface area contributed by atoms with Gasteiger partial charge in [0.15, 0.2) is 0 Å². The monoisotopic (exact) mass is 235 g/mol. The van der Waals surface area contributed by atoms with Gasteiger partial charge in [-0.3, -0.25) is 4.40 Å². The molecular weight excluding hydrogens is 222 g/mol. The molecule has 0 unspecified atom stereocenters. The van der Waals surface area contributed by atoms with E-state index in [0.29, 0.717) is 5.15 Å². The predicted octanol–water partition coefficient (Wildman–Crippen LogP) is 2.41. The predicted molar refractivity (Wildman–Crippen MR) is 64.7 cm³/mol. The van der Waals surface area contributed by atoms with Crippen LogP contribution >= 0.6 is 11.6 Å². The van der Waals surface area contributed by atoms with Gasteiger partial charge in [-0.2, -0.15) is 0 Å². The maximum absolute atomic E-state index is 6.09. The zero-order chi connectivity index (χ0) is 11.2. The van der Waals surface area contributed by atoms with Gasteiger partial charge in [0, 0.05) is 11.7 Å². The summed E-state index contributed by atoms with van der Waals surface area (Å²) < 4.78 is 1.91. The number of hydrogen-bond donors (Lipinski definition) is 1. The van der Waals surface area contributed by atoms with E-state index in [-0.39, 0.29) is 5.54 Å². The lowest BCUT2D eigenvalue weighted by Crippen LogP contribution is -2.22. The van der Waals surface area contributed by atoms with Crippen molar-refractivity contribution in [3.63, 3.8) is 0 Å². The van der Waals surface area contributed by atoms with Crippen LogP contribution in [0.3, 0.4) is 0 Å². The molecule has 2 aromatic heterocycles. The molecule has 16 heavy (non-hydrogen) atoms. The van der Waals surface area contributed by atoms with E-state index in [1.807, 2.05) is 16.7 Å². The molecule has 2 heterocycles. The number of nitrogens with two attached hydrogens (primary N) is 1. The summed E-state index contributed by atoms with van der Waals surface area (Å²) in [6.07, 6.45) is 7.96.